The van der Waals surface area contributed by atoms with Crippen molar-refractivity contribution in [3.05, 3.63) is 91.6 Å². The molecule has 0 fully saturated rings. The second kappa shape index (κ2) is 10.2. The maximum atomic E-state index is 12.4. The molecule has 7 nitrogen and oxygen atoms in total. The summed E-state index contributed by atoms with van der Waals surface area (Å²) in [6.07, 6.45) is 3.34. The lowest BCUT2D eigenvalue weighted by Gasteiger charge is -2.17. The lowest BCUT2D eigenvalue weighted by molar-refractivity contribution is 0.182. The first-order chi connectivity index (χ1) is 16.0. The molecule has 0 saturated carbocycles. The number of rotatable bonds is 8. The van der Waals surface area contributed by atoms with E-state index in [-0.39, 0.29) is 22.1 Å². The molecule has 4 rings (SSSR count). The number of hydrogen-bond acceptors (Lipinski definition) is 5. The number of aromatic nitrogens is 3. The minimum atomic E-state index is -0.503. The van der Waals surface area contributed by atoms with Crippen molar-refractivity contribution >= 4 is 40.9 Å². The number of halogens is 1. The highest BCUT2D eigenvalue weighted by atomic mass is 35.5. The molecule has 33 heavy (non-hydrogen) atoms. The molecule has 0 radical (unpaired) electrons. The fourth-order valence-electron chi connectivity index (χ4n) is 3.84. The number of nitrogens with one attached hydrogen (secondary N) is 2. The number of aromatic amines is 2. The third-order valence-corrected chi connectivity index (χ3v) is 6.18. The summed E-state index contributed by atoms with van der Waals surface area (Å²) in [6, 6.07) is 15.7. The number of aromatic hydroxyl groups is 1. The molecule has 3 N–H and O–H groups in total. The van der Waals surface area contributed by atoms with Gasteiger partial charge in [0.05, 0.1) is 13.2 Å². The quantitative estimate of drug-likeness (QED) is 0.252. The van der Waals surface area contributed by atoms with Crippen LogP contribution >= 0.6 is 23.8 Å². The highest BCUT2D eigenvalue weighted by molar-refractivity contribution is 7.71. The Bertz CT molecular complexity index is 1420. The van der Waals surface area contributed by atoms with E-state index in [1.807, 2.05) is 54.7 Å². The first-order valence-electron chi connectivity index (χ1n) is 10.4. The predicted molar refractivity (Wildman–Crippen MR) is 133 cm³/mol. The highest BCUT2D eigenvalue weighted by Crippen LogP contribution is 2.34. The summed E-state index contributed by atoms with van der Waals surface area (Å²) in [7, 11) is 1.55. The molecular formula is C24H23ClN4O3S. The number of hydrogen-bond donors (Lipinski definition) is 3. The molecule has 0 aliphatic rings. The van der Waals surface area contributed by atoms with Crippen molar-refractivity contribution in [3.8, 4) is 5.88 Å². The molecule has 1 unspecified atom stereocenters. The van der Waals surface area contributed by atoms with Gasteiger partial charge in [0, 0.05) is 47.9 Å². The van der Waals surface area contributed by atoms with E-state index in [1.54, 1.807) is 7.11 Å². The monoisotopic (exact) mass is 482 g/mol. The van der Waals surface area contributed by atoms with Gasteiger partial charge in [-0.3, -0.25) is 19.3 Å². The molecule has 0 aliphatic carbocycles. The Labute approximate surface area is 200 Å². The zero-order valence-electron chi connectivity index (χ0n) is 17.9. The van der Waals surface area contributed by atoms with Gasteiger partial charge in [0.25, 0.3) is 5.56 Å². The Morgan fingerprint density at radius 1 is 1.21 bits per heavy atom. The topological polar surface area (TPSA) is 95.4 Å². The van der Waals surface area contributed by atoms with Gasteiger partial charge in [-0.15, -0.1) is 0 Å². The van der Waals surface area contributed by atoms with Gasteiger partial charge in [-0.2, -0.15) is 0 Å². The van der Waals surface area contributed by atoms with E-state index in [4.69, 9.17) is 28.6 Å². The number of fused-ring (bicyclic) bond motifs is 1. The molecule has 2 aromatic heterocycles. The molecule has 2 aromatic carbocycles. The molecule has 1 atom stereocenters. The summed E-state index contributed by atoms with van der Waals surface area (Å²) in [6.45, 7) is 0.953. The van der Waals surface area contributed by atoms with Gasteiger partial charge in [-0.25, -0.2) is 0 Å². The fraction of sp³-hybridized carbons (Fsp3) is 0.208. The van der Waals surface area contributed by atoms with E-state index in [1.165, 1.54) is 10.8 Å². The van der Waals surface area contributed by atoms with Crippen LogP contribution in [-0.4, -0.2) is 46.1 Å². The maximum absolute atomic E-state index is 12.4. The number of ether oxygens (including phenoxy) is 1. The van der Waals surface area contributed by atoms with Crippen LogP contribution in [0.3, 0.4) is 0 Å². The number of para-hydroxylation sites is 1. The molecule has 0 aliphatic heterocycles. The van der Waals surface area contributed by atoms with Crippen LogP contribution in [0.4, 0.5) is 0 Å². The molecule has 0 saturated heterocycles. The SMILES string of the molecule is COCCn1c(O)c(C=NCC(c2ccccc2Cl)c2c[nH]c3ccccc23)c(=O)[nH]c1=S. The zero-order chi connectivity index (χ0) is 23.4. The average molecular weight is 483 g/mol. The Morgan fingerprint density at radius 2 is 1.97 bits per heavy atom. The number of methoxy groups -OCH3 is 1. The zero-order valence-corrected chi connectivity index (χ0v) is 19.5. The Balaban J connectivity index is 1.72. The van der Waals surface area contributed by atoms with Crippen LogP contribution in [0.5, 0.6) is 5.88 Å². The summed E-state index contributed by atoms with van der Waals surface area (Å²) in [5.41, 5.74) is 2.52. The van der Waals surface area contributed by atoms with Crippen molar-refractivity contribution in [2.45, 2.75) is 12.5 Å². The van der Waals surface area contributed by atoms with Crippen LogP contribution in [-0.2, 0) is 11.3 Å². The van der Waals surface area contributed by atoms with Gasteiger partial charge in [0.2, 0.25) is 5.88 Å². The van der Waals surface area contributed by atoms with Crippen LogP contribution in [0.25, 0.3) is 10.9 Å². The van der Waals surface area contributed by atoms with Crippen molar-refractivity contribution in [3.63, 3.8) is 0 Å². The summed E-state index contributed by atoms with van der Waals surface area (Å²) in [5.74, 6) is -0.405. The van der Waals surface area contributed by atoms with Gasteiger partial charge in [0.15, 0.2) is 4.77 Å². The van der Waals surface area contributed by atoms with E-state index in [2.05, 4.69) is 15.0 Å². The van der Waals surface area contributed by atoms with Crippen molar-refractivity contribution in [2.75, 3.05) is 20.3 Å². The molecule has 4 aromatic rings. The van der Waals surface area contributed by atoms with Gasteiger partial charge >= 0.3 is 0 Å². The van der Waals surface area contributed by atoms with E-state index in [0.29, 0.717) is 24.7 Å². The van der Waals surface area contributed by atoms with Crippen LogP contribution in [0.15, 0.2) is 64.5 Å². The van der Waals surface area contributed by atoms with Crippen molar-refractivity contribution in [2.24, 2.45) is 4.99 Å². The largest absolute Gasteiger partial charge is 0.494 e. The Morgan fingerprint density at radius 3 is 2.76 bits per heavy atom. The fourth-order valence-corrected chi connectivity index (χ4v) is 4.37. The molecule has 0 bridgehead atoms. The summed E-state index contributed by atoms with van der Waals surface area (Å²) in [5, 5.41) is 12.3. The molecule has 9 heteroatoms. The second-order valence-electron chi connectivity index (χ2n) is 7.50. The number of benzene rings is 2. The Kier molecular flexibility index (Phi) is 7.08. The van der Waals surface area contributed by atoms with Crippen LogP contribution in [0.1, 0.15) is 22.6 Å². The molecule has 2 heterocycles. The van der Waals surface area contributed by atoms with E-state index in [9.17, 15) is 9.90 Å². The molecule has 170 valence electrons. The lowest BCUT2D eigenvalue weighted by Crippen LogP contribution is -2.20. The third-order valence-electron chi connectivity index (χ3n) is 5.51. The van der Waals surface area contributed by atoms with E-state index >= 15 is 0 Å². The van der Waals surface area contributed by atoms with Gasteiger partial charge in [0.1, 0.15) is 5.56 Å². The normalized spacial score (nSPS) is 12.5. The van der Waals surface area contributed by atoms with Crippen molar-refractivity contribution in [1.29, 1.82) is 0 Å². The van der Waals surface area contributed by atoms with Crippen molar-refractivity contribution in [1.82, 2.24) is 14.5 Å². The third kappa shape index (κ3) is 4.78. The van der Waals surface area contributed by atoms with Crippen molar-refractivity contribution < 1.29 is 9.84 Å². The number of H-pyrrole nitrogens is 2. The van der Waals surface area contributed by atoms with Crippen LogP contribution in [0.2, 0.25) is 5.02 Å². The molecular weight excluding hydrogens is 460 g/mol. The van der Waals surface area contributed by atoms with Gasteiger partial charge < -0.3 is 14.8 Å². The number of aliphatic imine (C=N–C) groups is 1. The predicted octanol–water partition coefficient (Wildman–Crippen LogP) is 4.64. The first-order valence-corrected chi connectivity index (χ1v) is 11.1. The van der Waals surface area contributed by atoms with Crippen LogP contribution in [0, 0.1) is 4.77 Å². The van der Waals surface area contributed by atoms with E-state index < -0.39 is 5.56 Å². The molecule has 0 spiro atoms. The summed E-state index contributed by atoms with van der Waals surface area (Å²) < 4.78 is 6.59. The van der Waals surface area contributed by atoms with Crippen LogP contribution < -0.4 is 5.56 Å². The minimum Gasteiger partial charge on any atom is -0.494 e. The maximum Gasteiger partial charge on any atom is 0.264 e. The smallest absolute Gasteiger partial charge is 0.264 e. The highest BCUT2D eigenvalue weighted by Gasteiger charge is 2.20. The number of nitrogens with zero attached hydrogens (tertiary/aromatic N) is 2. The second-order valence-corrected chi connectivity index (χ2v) is 8.29. The van der Waals surface area contributed by atoms with Gasteiger partial charge in [-0.05, 0) is 35.5 Å². The summed E-state index contributed by atoms with van der Waals surface area (Å²) in [4.78, 5) is 22.9. The Hall–Kier alpha value is -3.20. The first kappa shape index (κ1) is 23.0. The minimum absolute atomic E-state index is 0.0385. The average Bonchev–Trinajstić information content (AvgIpc) is 3.23. The van der Waals surface area contributed by atoms with E-state index in [0.717, 1.165) is 22.0 Å². The molecule has 0 amide bonds. The lowest BCUT2D eigenvalue weighted by atomic mass is 9.91. The standard InChI is InChI=1S/C24H23ClN4O3S/c1-32-11-10-29-23(31)19(22(30)28-24(29)33)13-26-12-17(15-6-2-4-8-20(15)25)18-14-27-21-9-5-3-7-16(18)21/h2-9,13-14,17,27,31H,10-12H2,1H3,(H,28,30,33). The van der Waals surface area contributed by atoms with Gasteiger partial charge in [-0.1, -0.05) is 48.0 Å². The summed E-state index contributed by atoms with van der Waals surface area (Å²) >= 11 is 11.7.